The zero-order valence-corrected chi connectivity index (χ0v) is 11.3. The van der Waals surface area contributed by atoms with Gasteiger partial charge < -0.3 is 0 Å². The third-order valence-electron chi connectivity index (χ3n) is 3.88. The molecule has 1 aliphatic heterocycles. The molecular formula is C11H23I. The van der Waals surface area contributed by atoms with Gasteiger partial charge in [0, 0.05) is 0 Å². The summed E-state index contributed by atoms with van der Waals surface area (Å²) in [7, 11) is 0. The van der Waals surface area contributed by atoms with Gasteiger partial charge in [0.1, 0.15) is 0 Å². The maximum atomic E-state index is 2.57. The van der Waals surface area contributed by atoms with Crippen LogP contribution in [0.15, 0.2) is 0 Å². The SMILES string of the molecule is CCC1CCI(C)C(C)C1(C)C. The van der Waals surface area contributed by atoms with Crippen LogP contribution in [0.25, 0.3) is 0 Å². The van der Waals surface area contributed by atoms with Gasteiger partial charge in [0.15, 0.2) is 0 Å². The van der Waals surface area contributed by atoms with Gasteiger partial charge in [-0.1, -0.05) is 0 Å². The van der Waals surface area contributed by atoms with Gasteiger partial charge in [0.05, 0.1) is 0 Å². The van der Waals surface area contributed by atoms with Gasteiger partial charge in [-0.3, -0.25) is 0 Å². The van der Waals surface area contributed by atoms with Crippen molar-refractivity contribution < 1.29 is 0 Å². The first-order valence-corrected chi connectivity index (χ1v) is 9.97. The summed E-state index contributed by atoms with van der Waals surface area (Å²) in [6, 6.07) is 0. The third-order valence-corrected chi connectivity index (χ3v) is 11.0. The molecule has 2 unspecified atom stereocenters. The van der Waals surface area contributed by atoms with Crippen LogP contribution in [-0.4, -0.2) is 13.3 Å². The Kier molecular flexibility index (Phi) is 3.47. The second kappa shape index (κ2) is 3.85. The molecule has 1 saturated heterocycles. The summed E-state index contributed by atoms with van der Waals surface area (Å²) in [4.78, 5) is 2.57. The first-order valence-electron chi connectivity index (χ1n) is 5.04. The topological polar surface area (TPSA) is 0 Å². The molecular weight excluding hydrogens is 259 g/mol. The molecule has 1 heterocycles. The van der Waals surface area contributed by atoms with E-state index in [1.54, 1.807) is 4.43 Å². The van der Waals surface area contributed by atoms with E-state index in [1.807, 2.05) is 0 Å². The van der Waals surface area contributed by atoms with E-state index in [0.29, 0.717) is 5.41 Å². The van der Waals surface area contributed by atoms with Gasteiger partial charge in [0.25, 0.3) is 0 Å². The number of hydrogen-bond acceptors (Lipinski definition) is 0. The van der Waals surface area contributed by atoms with Crippen molar-refractivity contribution in [2.75, 3.05) is 9.36 Å². The van der Waals surface area contributed by atoms with Crippen LogP contribution in [0.2, 0.25) is 0 Å². The van der Waals surface area contributed by atoms with Crippen molar-refractivity contribution in [2.24, 2.45) is 11.3 Å². The van der Waals surface area contributed by atoms with E-state index in [-0.39, 0.29) is 0 Å². The van der Waals surface area contributed by atoms with Gasteiger partial charge in [-0.25, -0.2) is 0 Å². The number of hydrogen-bond donors (Lipinski definition) is 0. The van der Waals surface area contributed by atoms with Gasteiger partial charge in [-0.05, 0) is 0 Å². The number of alkyl halides is 3. The Morgan fingerprint density at radius 3 is 2.50 bits per heavy atom. The molecule has 0 spiro atoms. The predicted octanol–water partition coefficient (Wildman–Crippen LogP) is 3.97. The molecule has 1 rings (SSSR count). The standard InChI is InChI=1S/C11H23I/c1-6-10-7-8-12(5)9(2)11(10,3)4/h9-10H,6-8H2,1-5H3. The Morgan fingerprint density at radius 2 is 2.00 bits per heavy atom. The van der Waals surface area contributed by atoms with E-state index < -0.39 is 19.8 Å². The fraction of sp³-hybridized carbons (Fsp3) is 1.00. The Balaban J connectivity index is 2.73. The van der Waals surface area contributed by atoms with Crippen LogP contribution in [0.5, 0.6) is 0 Å². The monoisotopic (exact) mass is 282 g/mol. The molecule has 0 saturated carbocycles. The second-order valence-corrected chi connectivity index (χ2v) is 11.3. The van der Waals surface area contributed by atoms with Crippen LogP contribution < -0.4 is 0 Å². The minimum absolute atomic E-state index is 0.532. The van der Waals surface area contributed by atoms with Crippen LogP contribution in [0.1, 0.15) is 40.5 Å². The molecule has 0 amide bonds. The maximum absolute atomic E-state index is 2.57. The van der Waals surface area contributed by atoms with Crippen molar-refractivity contribution in [3.8, 4) is 0 Å². The Bertz CT molecular complexity index is 147. The van der Waals surface area contributed by atoms with Crippen LogP contribution in [-0.2, 0) is 0 Å². The molecule has 0 nitrogen and oxygen atoms in total. The average molecular weight is 282 g/mol. The van der Waals surface area contributed by atoms with E-state index in [0.717, 1.165) is 9.84 Å². The molecule has 0 aliphatic carbocycles. The van der Waals surface area contributed by atoms with Crippen LogP contribution in [0, 0.1) is 11.3 Å². The van der Waals surface area contributed by atoms with Crippen molar-refractivity contribution >= 4 is 19.8 Å². The molecule has 0 bridgehead atoms. The summed E-state index contributed by atoms with van der Waals surface area (Å²) in [5, 5.41) is 0. The normalized spacial score (nSPS) is 38.2. The van der Waals surface area contributed by atoms with E-state index >= 15 is 0 Å². The Hall–Kier alpha value is 0.730. The number of halogens is 1. The molecule has 0 aromatic carbocycles. The summed E-state index contributed by atoms with van der Waals surface area (Å²) in [6.45, 7) is 9.86. The van der Waals surface area contributed by atoms with Gasteiger partial charge in [-0.2, -0.15) is 0 Å². The fourth-order valence-corrected chi connectivity index (χ4v) is 8.29. The third kappa shape index (κ3) is 1.80. The van der Waals surface area contributed by atoms with Crippen molar-refractivity contribution in [1.29, 1.82) is 0 Å². The van der Waals surface area contributed by atoms with Gasteiger partial charge >= 0.3 is 85.0 Å². The quantitative estimate of drug-likeness (QED) is 0.504. The number of rotatable bonds is 1. The minimum atomic E-state index is -0.532. The Labute approximate surface area is 84.9 Å². The molecule has 0 aromatic heterocycles. The summed E-state index contributed by atoms with van der Waals surface area (Å²) in [6.07, 6.45) is 2.91. The van der Waals surface area contributed by atoms with Crippen molar-refractivity contribution in [3.63, 3.8) is 0 Å². The fourth-order valence-electron chi connectivity index (χ4n) is 2.37. The van der Waals surface area contributed by atoms with Crippen LogP contribution >= 0.6 is 19.8 Å². The zero-order valence-electron chi connectivity index (χ0n) is 9.15. The summed E-state index contributed by atoms with van der Waals surface area (Å²) >= 11 is -0.532. The summed E-state index contributed by atoms with van der Waals surface area (Å²) in [5.41, 5.74) is 0.645. The molecule has 12 heavy (non-hydrogen) atoms. The summed E-state index contributed by atoms with van der Waals surface area (Å²) in [5.74, 6) is 1.00. The average Bonchev–Trinajstić information content (AvgIpc) is 2.01. The van der Waals surface area contributed by atoms with Crippen molar-refractivity contribution in [2.45, 2.75) is 44.5 Å². The second-order valence-electron chi connectivity index (χ2n) is 4.66. The van der Waals surface area contributed by atoms with Crippen LogP contribution in [0.3, 0.4) is 0 Å². The van der Waals surface area contributed by atoms with Gasteiger partial charge in [0.2, 0.25) is 0 Å². The molecule has 0 N–H and O–H groups in total. The molecule has 1 heteroatoms. The Morgan fingerprint density at radius 1 is 1.42 bits per heavy atom. The molecule has 1 aliphatic rings. The molecule has 0 radical (unpaired) electrons. The first kappa shape index (κ1) is 10.8. The van der Waals surface area contributed by atoms with Crippen LogP contribution in [0.4, 0.5) is 0 Å². The van der Waals surface area contributed by atoms with Crippen molar-refractivity contribution in [3.05, 3.63) is 0 Å². The van der Waals surface area contributed by atoms with Gasteiger partial charge in [-0.15, -0.1) is 0 Å². The molecule has 0 aromatic rings. The molecule has 1 fully saturated rings. The van der Waals surface area contributed by atoms with E-state index in [9.17, 15) is 0 Å². The predicted molar refractivity (Wildman–Crippen MR) is 66.5 cm³/mol. The van der Waals surface area contributed by atoms with E-state index in [1.165, 1.54) is 12.8 Å². The first-order chi connectivity index (χ1) is 5.50. The zero-order chi connectivity index (χ0) is 9.35. The molecule has 74 valence electrons. The van der Waals surface area contributed by atoms with E-state index in [4.69, 9.17) is 0 Å². The van der Waals surface area contributed by atoms with Crippen molar-refractivity contribution in [1.82, 2.24) is 0 Å². The summed E-state index contributed by atoms with van der Waals surface area (Å²) < 4.78 is 2.66. The van der Waals surface area contributed by atoms with E-state index in [2.05, 4.69) is 32.6 Å². The molecule has 2 atom stereocenters.